The highest BCUT2D eigenvalue weighted by Gasteiger charge is 2.78. The second kappa shape index (κ2) is 9.06. The molecule has 6 atom stereocenters. The van der Waals surface area contributed by atoms with Gasteiger partial charge in [0.25, 0.3) is 0 Å². The number of likely N-dealkylation sites (tertiary alicyclic amines) is 1. The first-order valence-corrected chi connectivity index (χ1v) is 12.0. The van der Waals surface area contributed by atoms with E-state index in [1.54, 1.807) is 6.92 Å². The Hall–Kier alpha value is -2.45. The van der Waals surface area contributed by atoms with E-state index < -0.39 is 41.1 Å². The molecule has 2 unspecified atom stereocenters. The Bertz CT molecular complexity index is 907. The predicted octanol–water partition coefficient (Wildman–Crippen LogP) is 1.96. The van der Waals surface area contributed by atoms with Gasteiger partial charge in [-0.2, -0.15) is 0 Å². The largest absolute Gasteiger partial charge is 0.466 e. The summed E-state index contributed by atoms with van der Waals surface area (Å²) in [5.41, 5.74) is -1.26. The number of nitrogens with one attached hydrogen (secondary N) is 1. The molecule has 3 heterocycles. The summed E-state index contributed by atoms with van der Waals surface area (Å²) in [7, 11) is 0. The third kappa shape index (κ3) is 3.64. The average molecular weight is 459 g/mol. The van der Waals surface area contributed by atoms with Crippen molar-refractivity contribution in [1.82, 2.24) is 10.2 Å². The maximum atomic E-state index is 14.0. The maximum absolute atomic E-state index is 14.0. The van der Waals surface area contributed by atoms with Crippen LogP contribution in [0.15, 0.2) is 30.3 Å². The van der Waals surface area contributed by atoms with Crippen molar-refractivity contribution >= 4 is 17.8 Å². The molecule has 8 heteroatoms. The molecule has 4 rings (SSSR count). The number of carbonyl (C=O) groups excluding carboxylic acids is 3. The number of benzene rings is 1. The quantitative estimate of drug-likeness (QED) is 0.433. The smallest absolute Gasteiger partial charge is 0.312 e. The number of rotatable bonds is 9. The molecule has 3 aliphatic heterocycles. The molecule has 180 valence electrons. The van der Waals surface area contributed by atoms with Gasteiger partial charge in [0, 0.05) is 6.54 Å². The SMILES string of the molecule is CCCCNC(=O)C1N([C@H](CO)c2ccccc2)C(=O)[C@@H]2[C@H](C(=O)OCC)[C@]3(C)CCC12O3. The molecule has 33 heavy (non-hydrogen) atoms. The molecule has 1 aromatic rings. The van der Waals surface area contributed by atoms with E-state index >= 15 is 0 Å². The van der Waals surface area contributed by atoms with Crippen LogP contribution in [-0.4, -0.2) is 64.8 Å². The lowest BCUT2D eigenvalue weighted by molar-refractivity contribution is -0.160. The van der Waals surface area contributed by atoms with Crippen molar-refractivity contribution in [3.05, 3.63) is 35.9 Å². The van der Waals surface area contributed by atoms with E-state index in [2.05, 4.69) is 5.32 Å². The van der Waals surface area contributed by atoms with Crippen LogP contribution in [0.2, 0.25) is 0 Å². The Labute approximate surface area is 194 Å². The van der Waals surface area contributed by atoms with E-state index in [1.807, 2.05) is 44.2 Å². The van der Waals surface area contributed by atoms with Gasteiger partial charge in [0.2, 0.25) is 11.8 Å². The number of carbonyl (C=O) groups is 3. The van der Waals surface area contributed by atoms with Crippen LogP contribution in [0, 0.1) is 11.8 Å². The van der Waals surface area contributed by atoms with Gasteiger partial charge in [0.15, 0.2) is 0 Å². The van der Waals surface area contributed by atoms with Crippen LogP contribution in [0.1, 0.15) is 58.1 Å². The number of nitrogens with zero attached hydrogens (tertiary/aromatic N) is 1. The molecule has 8 nitrogen and oxygen atoms in total. The molecule has 0 aromatic heterocycles. The number of unbranched alkanes of at least 4 members (excludes halogenated alkanes) is 1. The van der Waals surface area contributed by atoms with Crippen LogP contribution in [0.5, 0.6) is 0 Å². The number of hydrogen-bond donors (Lipinski definition) is 2. The van der Waals surface area contributed by atoms with Gasteiger partial charge in [-0.15, -0.1) is 0 Å². The summed E-state index contributed by atoms with van der Waals surface area (Å²) in [4.78, 5) is 42.1. The van der Waals surface area contributed by atoms with Gasteiger partial charge in [-0.1, -0.05) is 43.7 Å². The van der Waals surface area contributed by atoms with Crippen LogP contribution < -0.4 is 5.32 Å². The fourth-order valence-electron chi connectivity index (χ4n) is 6.10. The van der Waals surface area contributed by atoms with Crippen LogP contribution >= 0.6 is 0 Å². The number of amides is 2. The molecule has 2 bridgehead atoms. The van der Waals surface area contributed by atoms with Crippen molar-refractivity contribution in [2.45, 2.75) is 69.7 Å². The minimum atomic E-state index is -1.12. The van der Waals surface area contributed by atoms with Gasteiger partial charge in [0.1, 0.15) is 17.6 Å². The summed E-state index contributed by atoms with van der Waals surface area (Å²) in [5.74, 6) is -2.72. The topological polar surface area (TPSA) is 105 Å². The normalized spacial score (nSPS) is 33.2. The van der Waals surface area contributed by atoms with Gasteiger partial charge in [-0.25, -0.2) is 0 Å². The molecule has 2 amide bonds. The number of ether oxygens (including phenoxy) is 2. The molecular weight excluding hydrogens is 424 g/mol. The van der Waals surface area contributed by atoms with Crippen molar-refractivity contribution in [3.8, 4) is 0 Å². The highest BCUT2D eigenvalue weighted by molar-refractivity contribution is 5.98. The summed E-state index contributed by atoms with van der Waals surface area (Å²) >= 11 is 0. The zero-order chi connectivity index (χ0) is 23.8. The van der Waals surface area contributed by atoms with Gasteiger partial charge < -0.3 is 24.8 Å². The number of hydrogen-bond acceptors (Lipinski definition) is 6. The van der Waals surface area contributed by atoms with E-state index in [9.17, 15) is 19.5 Å². The standard InChI is InChI=1S/C25H34N2O6/c1-4-6-14-26-21(29)20-25-13-12-24(3,33-25)19(23(31)32-5-2)18(25)22(30)27(20)17(15-28)16-10-8-7-9-11-16/h7-11,17-20,28H,4-6,12-15H2,1-3H3,(H,26,29)/t17-,18+,19-,20?,24+,25?/m1/s1. The fraction of sp³-hybridized carbons (Fsp3) is 0.640. The first-order chi connectivity index (χ1) is 15.8. The van der Waals surface area contributed by atoms with Crippen molar-refractivity contribution in [2.24, 2.45) is 11.8 Å². The van der Waals surface area contributed by atoms with Crippen LogP contribution in [0.3, 0.4) is 0 Å². The zero-order valence-corrected chi connectivity index (χ0v) is 19.6. The Morgan fingerprint density at radius 2 is 2.00 bits per heavy atom. The summed E-state index contributed by atoms with van der Waals surface area (Å²) in [6, 6.07) is 7.51. The van der Waals surface area contributed by atoms with E-state index in [1.165, 1.54) is 4.90 Å². The van der Waals surface area contributed by atoms with Crippen molar-refractivity contribution in [2.75, 3.05) is 19.8 Å². The number of fused-ring (bicyclic) bond motifs is 1. The fourth-order valence-corrected chi connectivity index (χ4v) is 6.10. The zero-order valence-electron chi connectivity index (χ0n) is 19.6. The molecule has 0 radical (unpaired) electrons. The van der Waals surface area contributed by atoms with E-state index in [0.717, 1.165) is 18.4 Å². The first-order valence-electron chi connectivity index (χ1n) is 12.0. The molecule has 2 N–H and O–H groups in total. The maximum Gasteiger partial charge on any atom is 0.312 e. The lowest BCUT2D eigenvalue weighted by Crippen LogP contribution is -2.56. The van der Waals surface area contributed by atoms with E-state index in [0.29, 0.717) is 19.4 Å². The highest BCUT2D eigenvalue weighted by atomic mass is 16.6. The third-order valence-corrected chi connectivity index (χ3v) is 7.53. The molecule has 1 spiro atoms. The van der Waals surface area contributed by atoms with Gasteiger partial charge in [0.05, 0.1) is 30.8 Å². The Morgan fingerprint density at radius 1 is 1.27 bits per heavy atom. The van der Waals surface area contributed by atoms with Crippen LogP contribution in [0.4, 0.5) is 0 Å². The van der Waals surface area contributed by atoms with Gasteiger partial charge >= 0.3 is 5.97 Å². The summed E-state index contributed by atoms with van der Waals surface area (Å²) in [6.45, 7) is 5.95. The van der Waals surface area contributed by atoms with Gasteiger partial charge in [-0.3, -0.25) is 14.4 Å². The monoisotopic (exact) mass is 458 g/mol. The van der Waals surface area contributed by atoms with Gasteiger partial charge in [-0.05, 0) is 38.7 Å². The Morgan fingerprint density at radius 3 is 2.64 bits per heavy atom. The van der Waals surface area contributed by atoms with E-state index in [-0.39, 0.29) is 25.0 Å². The molecule has 0 saturated carbocycles. The lowest BCUT2D eigenvalue weighted by atomic mass is 9.66. The molecular formula is C25H34N2O6. The average Bonchev–Trinajstić information content (AvgIpc) is 3.37. The van der Waals surface area contributed by atoms with E-state index in [4.69, 9.17) is 9.47 Å². The Balaban J connectivity index is 1.79. The minimum Gasteiger partial charge on any atom is -0.466 e. The first kappa shape index (κ1) is 23.7. The van der Waals surface area contributed by atoms with Crippen molar-refractivity contribution in [1.29, 1.82) is 0 Å². The lowest BCUT2D eigenvalue weighted by Gasteiger charge is -2.37. The van der Waals surface area contributed by atoms with Crippen molar-refractivity contribution in [3.63, 3.8) is 0 Å². The number of aliphatic hydroxyl groups excluding tert-OH is 1. The van der Waals surface area contributed by atoms with Crippen LogP contribution in [0.25, 0.3) is 0 Å². The molecule has 3 aliphatic rings. The number of esters is 1. The molecule has 1 aromatic carbocycles. The Kier molecular flexibility index (Phi) is 6.51. The predicted molar refractivity (Wildman–Crippen MR) is 120 cm³/mol. The summed E-state index contributed by atoms with van der Waals surface area (Å²) < 4.78 is 11.9. The minimum absolute atomic E-state index is 0.202. The molecule has 3 fully saturated rings. The molecule has 0 aliphatic carbocycles. The number of aliphatic hydroxyl groups is 1. The second-order valence-corrected chi connectivity index (χ2v) is 9.48. The van der Waals surface area contributed by atoms with Crippen molar-refractivity contribution < 1.29 is 29.0 Å². The second-order valence-electron chi connectivity index (χ2n) is 9.48. The third-order valence-electron chi connectivity index (χ3n) is 7.53. The highest BCUT2D eigenvalue weighted by Crippen LogP contribution is 2.64. The molecule has 3 saturated heterocycles. The van der Waals surface area contributed by atoms with Crippen LogP contribution in [-0.2, 0) is 23.9 Å². The summed E-state index contributed by atoms with van der Waals surface area (Å²) in [5, 5.41) is 13.3. The summed E-state index contributed by atoms with van der Waals surface area (Å²) in [6.07, 6.45) is 2.78.